The van der Waals surface area contributed by atoms with Crippen molar-refractivity contribution >= 4 is 11.6 Å². The number of aryl methyl sites for hydroxylation is 2. The van der Waals surface area contributed by atoms with E-state index in [2.05, 4.69) is 5.32 Å². The normalized spacial score (nSPS) is 10.6. The SMILES string of the molecule is Cc1ccc(-c2cc(C(=O)Nc3ccccc3F)c(C)o2)cc1. The number of amides is 1. The van der Waals surface area contributed by atoms with Gasteiger partial charge in [0.25, 0.3) is 5.91 Å². The molecule has 0 bridgehead atoms. The first kappa shape index (κ1) is 15.0. The van der Waals surface area contributed by atoms with Crippen molar-refractivity contribution < 1.29 is 13.6 Å². The van der Waals surface area contributed by atoms with Crippen LogP contribution in [0.25, 0.3) is 11.3 Å². The van der Waals surface area contributed by atoms with Crippen LogP contribution in [-0.2, 0) is 0 Å². The maximum absolute atomic E-state index is 13.6. The predicted octanol–water partition coefficient (Wildman–Crippen LogP) is 4.95. The van der Waals surface area contributed by atoms with E-state index in [9.17, 15) is 9.18 Å². The lowest BCUT2D eigenvalue weighted by atomic mass is 10.1. The molecule has 1 N–H and O–H groups in total. The molecule has 2 aromatic carbocycles. The first-order valence-corrected chi connectivity index (χ1v) is 7.28. The molecular formula is C19H16FNO2. The van der Waals surface area contributed by atoms with Crippen molar-refractivity contribution in [2.45, 2.75) is 13.8 Å². The largest absolute Gasteiger partial charge is 0.461 e. The molecule has 3 aromatic rings. The second-order valence-corrected chi connectivity index (χ2v) is 5.38. The minimum atomic E-state index is -0.472. The van der Waals surface area contributed by atoms with Crippen LogP contribution in [0.15, 0.2) is 59.0 Å². The van der Waals surface area contributed by atoms with E-state index in [-0.39, 0.29) is 5.69 Å². The molecule has 0 saturated heterocycles. The van der Waals surface area contributed by atoms with E-state index in [0.29, 0.717) is 17.1 Å². The van der Waals surface area contributed by atoms with Gasteiger partial charge in [0.2, 0.25) is 0 Å². The minimum absolute atomic E-state index is 0.148. The summed E-state index contributed by atoms with van der Waals surface area (Å²) in [4.78, 5) is 12.3. The van der Waals surface area contributed by atoms with E-state index in [1.807, 2.05) is 31.2 Å². The van der Waals surface area contributed by atoms with Gasteiger partial charge in [-0.3, -0.25) is 4.79 Å². The van der Waals surface area contributed by atoms with E-state index in [1.165, 1.54) is 12.1 Å². The zero-order valence-corrected chi connectivity index (χ0v) is 12.9. The smallest absolute Gasteiger partial charge is 0.259 e. The zero-order chi connectivity index (χ0) is 16.4. The van der Waals surface area contributed by atoms with Gasteiger partial charge in [-0.15, -0.1) is 0 Å². The first-order chi connectivity index (χ1) is 11.0. The van der Waals surface area contributed by atoms with Gasteiger partial charge in [-0.05, 0) is 32.0 Å². The Morgan fingerprint density at radius 1 is 1.04 bits per heavy atom. The summed E-state index contributed by atoms with van der Waals surface area (Å²) in [5.74, 6) is 0.242. The van der Waals surface area contributed by atoms with Gasteiger partial charge in [0, 0.05) is 5.56 Å². The minimum Gasteiger partial charge on any atom is -0.461 e. The quantitative estimate of drug-likeness (QED) is 0.743. The fraction of sp³-hybridized carbons (Fsp3) is 0.105. The molecule has 1 amide bonds. The van der Waals surface area contributed by atoms with Crippen LogP contribution in [0.5, 0.6) is 0 Å². The lowest BCUT2D eigenvalue weighted by molar-refractivity contribution is 0.102. The van der Waals surface area contributed by atoms with Gasteiger partial charge in [0.05, 0.1) is 11.3 Å². The van der Waals surface area contributed by atoms with Crippen molar-refractivity contribution in [2.24, 2.45) is 0 Å². The van der Waals surface area contributed by atoms with E-state index in [0.717, 1.165) is 11.1 Å². The highest BCUT2D eigenvalue weighted by molar-refractivity contribution is 6.05. The molecule has 116 valence electrons. The molecule has 0 radical (unpaired) electrons. The molecule has 0 aliphatic heterocycles. The zero-order valence-electron chi connectivity index (χ0n) is 12.9. The fourth-order valence-corrected chi connectivity index (χ4v) is 2.32. The summed E-state index contributed by atoms with van der Waals surface area (Å²) in [5, 5.41) is 2.57. The number of halogens is 1. The van der Waals surface area contributed by atoms with Gasteiger partial charge in [-0.2, -0.15) is 0 Å². The Morgan fingerprint density at radius 2 is 1.74 bits per heavy atom. The van der Waals surface area contributed by atoms with E-state index < -0.39 is 11.7 Å². The van der Waals surface area contributed by atoms with Crippen LogP contribution in [-0.4, -0.2) is 5.91 Å². The molecule has 0 saturated carbocycles. The molecule has 0 aliphatic rings. The maximum atomic E-state index is 13.6. The topological polar surface area (TPSA) is 42.2 Å². The summed E-state index contributed by atoms with van der Waals surface area (Å²) in [6.07, 6.45) is 0. The Hall–Kier alpha value is -2.88. The van der Waals surface area contributed by atoms with E-state index >= 15 is 0 Å². The summed E-state index contributed by atoms with van der Waals surface area (Å²) in [7, 11) is 0. The third kappa shape index (κ3) is 3.16. The Morgan fingerprint density at radius 3 is 2.43 bits per heavy atom. The summed E-state index contributed by atoms with van der Waals surface area (Å²) in [6, 6.07) is 15.6. The molecule has 1 aromatic heterocycles. The van der Waals surface area contributed by atoms with Crippen molar-refractivity contribution in [3.63, 3.8) is 0 Å². The molecule has 0 atom stereocenters. The van der Waals surface area contributed by atoms with Gasteiger partial charge in [0.1, 0.15) is 17.3 Å². The number of hydrogen-bond acceptors (Lipinski definition) is 2. The number of para-hydroxylation sites is 1. The van der Waals surface area contributed by atoms with E-state index in [4.69, 9.17) is 4.42 Å². The van der Waals surface area contributed by atoms with Crippen molar-refractivity contribution in [1.29, 1.82) is 0 Å². The molecule has 3 nitrogen and oxygen atoms in total. The van der Waals surface area contributed by atoms with Crippen LogP contribution in [0.2, 0.25) is 0 Å². The molecular weight excluding hydrogens is 293 g/mol. The molecule has 3 rings (SSSR count). The van der Waals surface area contributed by atoms with Crippen LogP contribution in [0, 0.1) is 19.7 Å². The number of hydrogen-bond donors (Lipinski definition) is 1. The second-order valence-electron chi connectivity index (χ2n) is 5.38. The molecule has 4 heteroatoms. The molecule has 23 heavy (non-hydrogen) atoms. The second kappa shape index (κ2) is 6.08. The van der Waals surface area contributed by atoms with Crippen LogP contribution in [0.3, 0.4) is 0 Å². The maximum Gasteiger partial charge on any atom is 0.259 e. The average molecular weight is 309 g/mol. The Labute approximate surface area is 133 Å². The van der Waals surface area contributed by atoms with Crippen LogP contribution < -0.4 is 5.32 Å². The van der Waals surface area contributed by atoms with Crippen molar-refractivity contribution in [3.05, 3.63) is 77.3 Å². The summed E-state index contributed by atoms with van der Waals surface area (Å²) < 4.78 is 19.3. The number of carbonyl (C=O) groups excluding carboxylic acids is 1. The number of carbonyl (C=O) groups is 1. The standard InChI is InChI=1S/C19H16FNO2/c1-12-7-9-14(10-8-12)18-11-15(13(2)23-18)19(22)21-17-6-4-3-5-16(17)20/h3-11H,1-2H3,(H,21,22). The highest BCUT2D eigenvalue weighted by Crippen LogP contribution is 2.26. The molecule has 0 spiro atoms. The highest BCUT2D eigenvalue weighted by Gasteiger charge is 2.17. The van der Waals surface area contributed by atoms with Gasteiger partial charge < -0.3 is 9.73 Å². The number of anilines is 1. The average Bonchev–Trinajstić information content (AvgIpc) is 2.92. The molecule has 0 unspecified atom stereocenters. The van der Waals surface area contributed by atoms with Crippen LogP contribution in [0.1, 0.15) is 21.7 Å². The van der Waals surface area contributed by atoms with Gasteiger partial charge >= 0.3 is 0 Å². The molecule has 1 heterocycles. The number of furan rings is 1. The van der Waals surface area contributed by atoms with Gasteiger partial charge in [-0.25, -0.2) is 4.39 Å². The lowest BCUT2D eigenvalue weighted by Gasteiger charge is -2.04. The Kier molecular flexibility index (Phi) is 3.98. The molecule has 0 fully saturated rings. The summed E-state index contributed by atoms with van der Waals surface area (Å²) in [5.41, 5.74) is 2.58. The number of nitrogens with one attached hydrogen (secondary N) is 1. The van der Waals surface area contributed by atoms with Gasteiger partial charge in [0.15, 0.2) is 0 Å². The summed E-state index contributed by atoms with van der Waals surface area (Å²) in [6.45, 7) is 3.72. The predicted molar refractivity (Wildman–Crippen MR) is 88.0 cm³/mol. The Bertz CT molecular complexity index is 850. The third-order valence-corrected chi connectivity index (χ3v) is 3.62. The molecule has 0 aliphatic carbocycles. The summed E-state index contributed by atoms with van der Waals surface area (Å²) >= 11 is 0. The van der Waals surface area contributed by atoms with Crippen molar-refractivity contribution in [2.75, 3.05) is 5.32 Å². The monoisotopic (exact) mass is 309 g/mol. The highest BCUT2D eigenvalue weighted by atomic mass is 19.1. The van der Waals surface area contributed by atoms with Gasteiger partial charge in [-0.1, -0.05) is 42.0 Å². The Balaban J connectivity index is 1.87. The first-order valence-electron chi connectivity index (χ1n) is 7.28. The third-order valence-electron chi connectivity index (χ3n) is 3.62. The van der Waals surface area contributed by atoms with Crippen LogP contribution in [0.4, 0.5) is 10.1 Å². The van der Waals surface area contributed by atoms with Crippen LogP contribution >= 0.6 is 0 Å². The number of benzene rings is 2. The van der Waals surface area contributed by atoms with E-state index in [1.54, 1.807) is 25.1 Å². The lowest BCUT2D eigenvalue weighted by Crippen LogP contribution is -2.13. The van der Waals surface area contributed by atoms with Crippen molar-refractivity contribution in [3.8, 4) is 11.3 Å². The number of rotatable bonds is 3. The fourth-order valence-electron chi connectivity index (χ4n) is 2.32. The van der Waals surface area contributed by atoms with Crippen molar-refractivity contribution in [1.82, 2.24) is 0 Å².